The zero-order valence-electron chi connectivity index (χ0n) is 11.7. The first kappa shape index (κ1) is 14.6. The van der Waals surface area contributed by atoms with Crippen molar-refractivity contribution in [2.75, 3.05) is 0 Å². The highest BCUT2D eigenvalue weighted by molar-refractivity contribution is 6.31. The fraction of sp³-hybridized carbons (Fsp3) is 0.571. The highest BCUT2D eigenvalue weighted by Gasteiger charge is 2.18. The van der Waals surface area contributed by atoms with Crippen molar-refractivity contribution in [3.05, 3.63) is 23.1 Å². The smallest absolute Gasteiger partial charge is 0.160 e. The van der Waals surface area contributed by atoms with Gasteiger partial charge in [0, 0.05) is 12.7 Å². The van der Waals surface area contributed by atoms with Gasteiger partial charge in [0.25, 0.3) is 0 Å². The van der Waals surface area contributed by atoms with Crippen molar-refractivity contribution in [1.29, 1.82) is 0 Å². The van der Waals surface area contributed by atoms with Crippen LogP contribution in [-0.2, 0) is 6.54 Å². The van der Waals surface area contributed by atoms with Crippen LogP contribution in [0.25, 0.3) is 11.2 Å². The lowest BCUT2D eigenvalue weighted by Crippen LogP contribution is -2.13. The number of halogens is 2. The molecule has 2 aromatic heterocycles. The first-order valence-corrected chi connectivity index (χ1v) is 7.25. The molecule has 0 aliphatic rings. The number of hydrogen-bond donors (Lipinski definition) is 0. The average Bonchev–Trinajstić information content (AvgIpc) is 2.63. The molecule has 0 N–H and O–H groups in total. The van der Waals surface area contributed by atoms with E-state index in [0.717, 1.165) is 30.0 Å². The van der Waals surface area contributed by atoms with Crippen molar-refractivity contribution in [3.63, 3.8) is 0 Å². The third kappa shape index (κ3) is 3.40. The summed E-state index contributed by atoms with van der Waals surface area (Å²) in [5, 5.41) is 0.453. The lowest BCUT2D eigenvalue weighted by atomic mass is 9.92. The quantitative estimate of drug-likeness (QED) is 0.761. The highest BCUT2D eigenvalue weighted by atomic mass is 35.5. The molecule has 0 aromatic carbocycles. The second kappa shape index (κ2) is 5.29. The molecule has 1 unspecified atom stereocenters. The number of aromatic nitrogens is 3. The second-order valence-corrected chi connectivity index (χ2v) is 7.14. The molecule has 1 atom stereocenters. The van der Waals surface area contributed by atoms with E-state index in [0.29, 0.717) is 5.02 Å². The van der Waals surface area contributed by atoms with Crippen LogP contribution in [0.4, 0.5) is 0 Å². The normalized spacial score (nSPS) is 14.0. The summed E-state index contributed by atoms with van der Waals surface area (Å²) >= 11 is 12.2. The summed E-state index contributed by atoms with van der Waals surface area (Å²) in [7, 11) is 0. The van der Waals surface area contributed by atoms with Crippen LogP contribution in [0.5, 0.6) is 0 Å². The lowest BCUT2D eigenvalue weighted by molar-refractivity contribution is 0.349. The number of imidazole rings is 1. The Morgan fingerprint density at radius 2 is 2.05 bits per heavy atom. The van der Waals surface area contributed by atoms with Crippen molar-refractivity contribution in [1.82, 2.24) is 14.5 Å². The van der Waals surface area contributed by atoms with Gasteiger partial charge in [-0.25, -0.2) is 9.97 Å². The Labute approximate surface area is 123 Å². The van der Waals surface area contributed by atoms with Crippen LogP contribution in [0.15, 0.2) is 12.3 Å². The van der Waals surface area contributed by atoms with Gasteiger partial charge in [0.15, 0.2) is 5.65 Å². The van der Waals surface area contributed by atoms with Crippen molar-refractivity contribution < 1.29 is 0 Å². The standard InChI is InChI=1S/C14H19Cl2N3/c1-9(15)12-18-11-7-10(16)8-17-13(11)19(12)6-5-14(2,3)4/h7-9H,5-6H2,1-4H3. The molecule has 2 heterocycles. The molecule has 2 rings (SSSR count). The molecule has 0 radical (unpaired) electrons. The number of nitrogens with zero attached hydrogens (tertiary/aromatic N) is 3. The van der Waals surface area contributed by atoms with Gasteiger partial charge in [-0.05, 0) is 24.8 Å². The van der Waals surface area contributed by atoms with E-state index in [9.17, 15) is 0 Å². The van der Waals surface area contributed by atoms with E-state index in [-0.39, 0.29) is 10.8 Å². The van der Waals surface area contributed by atoms with E-state index < -0.39 is 0 Å². The minimum absolute atomic E-state index is 0.145. The first-order chi connectivity index (χ1) is 8.78. The molecule has 104 valence electrons. The van der Waals surface area contributed by atoms with Gasteiger partial charge in [0.05, 0.1) is 10.4 Å². The molecule has 0 fully saturated rings. The summed E-state index contributed by atoms with van der Waals surface area (Å²) in [6, 6.07) is 1.83. The maximum absolute atomic E-state index is 6.23. The van der Waals surface area contributed by atoms with Crippen LogP contribution in [0.2, 0.25) is 5.02 Å². The minimum Gasteiger partial charge on any atom is -0.311 e. The molecular formula is C14H19Cl2N3. The van der Waals surface area contributed by atoms with Crippen LogP contribution in [0, 0.1) is 5.41 Å². The molecular weight excluding hydrogens is 281 g/mol. The molecule has 0 aliphatic carbocycles. The molecule has 0 bridgehead atoms. The maximum Gasteiger partial charge on any atom is 0.160 e. The second-order valence-electron chi connectivity index (χ2n) is 6.04. The summed E-state index contributed by atoms with van der Waals surface area (Å²) < 4.78 is 2.11. The van der Waals surface area contributed by atoms with E-state index in [1.807, 2.05) is 13.0 Å². The summed E-state index contributed by atoms with van der Waals surface area (Å²) in [4.78, 5) is 8.95. The Balaban J connectivity index is 2.46. The van der Waals surface area contributed by atoms with Crippen LogP contribution in [0.3, 0.4) is 0 Å². The molecule has 0 saturated heterocycles. The number of hydrogen-bond acceptors (Lipinski definition) is 2. The Morgan fingerprint density at radius 1 is 1.37 bits per heavy atom. The fourth-order valence-corrected chi connectivity index (χ4v) is 2.29. The van der Waals surface area contributed by atoms with Crippen LogP contribution >= 0.6 is 23.2 Å². The first-order valence-electron chi connectivity index (χ1n) is 6.44. The van der Waals surface area contributed by atoms with Crippen molar-refractivity contribution in [2.24, 2.45) is 5.41 Å². The SMILES string of the molecule is CC(Cl)c1nc2cc(Cl)cnc2n1CCC(C)(C)C. The van der Waals surface area contributed by atoms with Crippen LogP contribution in [0.1, 0.15) is 45.3 Å². The van der Waals surface area contributed by atoms with Crippen LogP contribution in [-0.4, -0.2) is 14.5 Å². The summed E-state index contributed by atoms with van der Waals surface area (Å²) in [6.45, 7) is 9.46. The molecule has 0 aliphatic heterocycles. The van der Waals surface area contributed by atoms with Crippen molar-refractivity contribution in [2.45, 2.75) is 46.0 Å². The van der Waals surface area contributed by atoms with E-state index in [2.05, 4.69) is 35.3 Å². The lowest BCUT2D eigenvalue weighted by Gasteiger charge is -2.19. The Kier molecular flexibility index (Phi) is 4.07. The molecule has 0 amide bonds. The summed E-state index contributed by atoms with van der Waals surface area (Å²) in [5.74, 6) is 0.857. The third-order valence-corrected chi connectivity index (χ3v) is 3.42. The van der Waals surface area contributed by atoms with Gasteiger partial charge in [-0.1, -0.05) is 32.4 Å². The summed E-state index contributed by atoms with van der Waals surface area (Å²) in [5.41, 5.74) is 1.93. The van der Waals surface area contributed by atoms with E-state index in [1.54, 1.807) is 6.20 Å². The summed E-state index contributed by atoms with van der Waals surface area (Å²) in [6.07, 6.45) is 2.70. The Bertz CT molecular complexity index is 582. The van der Waals surface area contributed by atoms with E-state index >= 15 is 0 Å². The Hall–Kier alpha value is -0.800. The molecule has 2 aromatic rings. The molecule has 0 spiro atoms. The Morgan fingerprint density at radius 3 is 2.63 bits per heavy atom. The molecule has 5 heteroatoms. The number of aryl methyl sites for hydroxylation is 1. The zero-order chi connectivity index (χ0) is 14.2. The predicted octanol–water partition coefficient (Wildman–Crippen LogP) is 4.82. The van der Waals surface area contributed by atoms with Crippen LogP contribution < -0.4 is 0 Å². The fourth-order valence-electron chi connectivity index (χ4n) is 1.98. The van der Waals surface area contributed by atoms with Gasteiger partial charge in [-0.2, -0.15) is 0 Å². The zero-order valence-corrected chi connectivity index (χ0v) is 13.3. The monoisotopic (exact) mass is 299 g/mol. The van der Waals surface area contributed by atoms with Crippen molar-refractivity contribution in [3.8, 4) is 0 Å². The number of rotatable bonds is 3. The van der Waals surface area contributed by atoms with Gasteiger partial charge in [-0.3, -0.25) is 0 Å². The predicted molar refractivity (Wildman–Crippen MR) is 80.9 cm³/mol. The largest absolute Gasteiger partial charge is 0.311 e. The number of fused-ring (bicyclic) bond motifs is 1. The minimum atomic E-state index is -0.145. The van der Waals surface area contributed by atoms with Gasteiger partial charge in [0.1, 0.15) is 11.3 Å². The molecule has 0 saturated carbocycles. The molecule has 19 heavy (non-hydrogen) atoms. The van der Waals surface area contributed by atoms with Gasteiger partial charge >= 0.3 is 0 Å². The van der Waals surface area contributed by atoms with Crippen molar-refractivity contribution >= 4 is 34.4 Å². The van der Waals surface area contributed by atoms with E-state index in [4.69, 9.17) is 23.2 Å². The average molecular weight is 300 g/mol. The highest BCUT2D eigenvalue weighted by Crippen LogP contribution is 2.27. The van der Waals surface area contributed by atoms with Gasteiger partial charge in [0.2, 0.25) is 0 Å². The van der Waals surface area contributed by atoms with Gasteiger partial charge in [-0.15, -0.1) is 11.6 Å². The molecule has 3 nitrogen and oxygen atoms in total. The number of alkyl halides is 1. The van der Waals surface area contributed by atoms with E-state index in [1.165, 1.54) is 0 Å². The van der Waals surface area contributed by atoms with Gasteiger partial charge < -0.3 is 4.57 Å². The maximum atomic E-state index is 6.23. The topological polar surface area (TPSA) is 30.7 Å². The number of pyridine rings is 1. The third-order valence-electron chi connectivity index (χ3n) is 3.02.